The molecular weight excluding hydrogens is 237 g/mol. The number of carbonyl (C=O) groups excluding carboxylic acids is 2. The minimum Gasteiger partial charge on any atom is -0.297 e. The van der Waals surface area contributed by atoms with Crippen molar-refractivity contribution in [3.8, 4) is 0 Å². The number of nitrogens with zero attached hydrogens (tertiary/aromatic N) is 2. The van der Waals surface area contributed by atoms with Gasteiger partial charge in [0.2, 0.25) is 11.8 Å². The van der Waals surface area contributed by atoms with Gasteiger partial charge in [-0.05, 0) is 18.1 Å². The molecule has 1 aromatic rings. The average Bonchev–Trinajstić information content (AvgIpc) is 2.35. The fourth-order valence-corrected chi connectivity index (χ4v) is 1.91. The second-order valence-corrected chi connectivity index (χ2v) is 4.17. The van der Waals surface area contributed by atoms with Crippen molar-refractivity contribution in [1.82, 2.24) is 15.2 Å². The molecule has 1 aromatic heterocycles. The Labute approximate surface area is 104 Å². The highest BCUT2D eigenvalue weighted by Crippen LogP contribution is 2.11. The van der Waals surface area contributed by atoms with Crippen LogP contribution in [0.4, 0.5) is 4.39 Å². The summed E-state index contributed by atoms with van der Waals surface area (Å²) in [6.07, 6.45) is 3.15. The van der Waals surface area contributed by atoms with Crippen molar-refractivity contribution in [2.24, 2.45) is 0 Å². The van der Waals surface area contributed by atoms with E-state index in [1.807, 2.05) is 6.92 Å². The third-order valence-electron chi connectivity index (χ3n) is 2.88. The van der Waals surface area contributed by atoms with E-state index in [1.54, 1.807) is 0 Å². The van der Waals surface area contributed by atoms with Crippen LogP contribution in [0.1, 0.15) is 18.9 Å². The highest BCUT2D eigenvalue weighted by molar-refractivity contribution is 6.01. The molecule has 0 spiro atoms. The number of amides is 2. The van der Waals surface area contributed by atoms with Gasteiger partial charge in [-0.25, -0.2) is 4.39 Å². The van der Waals surface area contributed by atoms with Crippen molar-refractivity contribution < 1.29 is 14.0 Å². The highest BCUT2D eigenvalue weighted by Gasteiger charge is 2.32. The summed E-state index contributed by atoms with van der Waals surface area (Å²) in [6.45, 7) is 2.07. The van der Waals surface area contributed by atoms with Crippen LogP contribution in [-0.4, -0.2) is 34.3 Å². The molecule has 2 rings (SSSR count). The minimum absolute atomic E-state index is 0.0700. The number of nitrogens with one attached hydrogen (secondary N) is 1. The lowest BCUT2D eigenvalue weighted by atomic mass is 10.1. The summed E-state index contributed by atoms with van der Waals surface area (Å²) in [5.41, 5.74) is 0.508. The number of aromatic nitrogens is 1. The maximum absolute atomic E-state index is 13.0. The zero-order valence-electron chi connectivity index (χ0n) is 10.0. The van der Waals surface area contributed by atoms with Gasteiger partial charge in [-0.15, -0.1) is 0 Å². The fraction of sp³-hybridized carbons (Fsp3) is 0.417. The van der Waals surface area contributed by atoms with E-state index in [2.05, 4.69) is 10.3 Å². The van der Waals surface area contributed by atoms with Gasteiger partial charge in [0.25, 0.3) is 0 Å². The minimum atomic E-state index is -0.477. The van der Waals surface area contributed by atoms with Crippen molar-refractivity contribution in [3.63, 3.8) is 0 Å². The molecule has 6 heteroatoms. The van der Waals surface area contributed by atoms with E-state index in [4.69, 9.17) is 0 Å². The molecule has 1 saturated heterocycles. The van der Waals surface area contributed by atoms with Crippen LogP contribution in [0.5, 0.6) is 0 Å². The van der Waals surface area contributed by atoms with E-state index in [9.17, 15) is 14.0 Å². The van der Waals surface area contributed by atoms with Gasteiger partial charge in [0, 0.05) is 6.20 Å². The van der Waals surface area contributed by atoms with Crippen molar-refractivity contribution in [2.75, 3.05) is 6.54 Å². The van der Waals surface area contributed by atoms with Crippen molar-refractivity contribution >= 4 is 11.8 Å². The lowest BCUT2D eigenvalue weighted by Gasteiger charge is -2.31. The predicted molar refractivity (Wildman–Crippen MR) is 61.8 cm³/mol. The lowest BCUT2D eigenvalue weighted by molar-refractivity contribution is -0.150. The Bertz CT molecular complexity index is 478. The van der Waals surface area contributed by atoms with Gasteiger partial charge in [0.05, 0.1) is 25.3 Å². The summed E-state index contributed by atoms with van der Waals surface area (Å²) in [6, 6.07) is 0.931. The molecule has 0 aliphatic carbocycles. The Morgan fingerprint density at radius 1 is 1.50 bits per heavy atom. The summed E-state index contributed by atoms with van der Waals surface area (Å²) in [7, 11) is 0. The molecule has 1 atom stereocenters. The molecular formula is C12H14FN3O2. The van der Waals surface area contributed by atoms with Crippen LogP contribution in [0.2, 0.25) is 0 Å². The second kappa shape index (κ2) is 5.22. The van der Waals surface area contributed by atoms with Gasteiger partial charge >= 0.3 is 0 Å². The lowest BCUT2D eigenvalue weighted by Crippen LogP contribution is -2.57. The Kier molecular flexibility index (Phi) is 3.66. The van der Waals surface area contributed by atoms with E-state index in [-0.39, 0.29) is 30.9 Å². The molecule has 2 amide bonds. The van der Waals surface area contributed by atoms with Gasteiger partial charge < -0.3 is 0 Å². The average molecular weight is 251 g/mol. The first-order valence-corrected chi connectivity index (χ1v) is 5.79. The Balaban J connectivity index is 2.15. The second-order valence-electron chi connectivity index (χ2n) is 4.17. The first-order valence-electron chi connectivity index (χ1n) is 5.79. The number of rotatable bonds is 3. The Hall–Kier alpha value is -1.82. The van der Waals surface area contributed by atoms with Gasteiger partial charge in [-0.1, -0.05) is 6.92 Å². The van der Waals surface area contributed by atoms with Crippen molar-refractivity contribution in [1.29, 1.82) is 0 Å². The Morgan fingerprint density at radius 2 is 2.28 bits per heavy atom. The first kappa shape index (κ1) is 12.6. The topological polar surface area (TPSA) is 62.3 Å². The summed E-state index contributed by atoms with van der Waals surface area (Å²) in [5.74, 6) is -1.04. The smallest absolute Gasteiger partial charge is 0.246 e. The first-order chi connectivity index (χ1) is 8.61. The third kappa shape index (κ3) is 2.53. The summed E-state index contributed by atoms with van der Waals surface area (Å²) in [5, 5.41) is 2.86. The Morgan fingerprint density at radius 3 is 2.94 bits per heavy atom. The molecule has 1 aliphatic heterocycles. The number of piperazine rings is 1. The number of hydrogen-bond donors (Lipinski definition) is 1. The van der Waals surface area contributed by atoms with Crippen molar-refractivity contribution in [3.05, 3.63) is 29.8 Å². The molecule has 0 aromatic carbocycles. The summed E-state index contributed by atoms with van der Waals surface area (Å²) < 4.78 is 13.0. The van der Waals surface area contributed by atoms with Crippen LogP contribution in [-0.2, 0) is 16.1 Å². The normalized spacial score (nSPS) is 20.3. The molecule has 1 N–H and O–H groups in total. The predicted octanol–water partition coefficient (Wildman–Crippen LogP) is 0.458. The number of imide groups is 1. The van der Waals surface area contributed by atoms with Gasteiger partial charge in [-0.3, -0.25) is 24.8 Å². The van der Waals surface area contributed by atoms with Crippen LogP contribution >= 0.6 is 0 Å². The molecule has 0 bridgehead atoms. The van der Waals surface area contributed by atoms with Gasteiger partial charge in [0.15, 0.2) is 0 Å². The monoisotopic (exact) mass is 251 g/mol. The van der Waals surface area contributed by atoms with Crippen LogP contribution in [0, 0.1) is 5.82 Å². The molecule has 0 radical (unpaired) electrons. The maximum Gasteiger partial charge on any atom is 0.246 e. The van der Waals surface area contributed by atoms with E-state index in [0.29, 0.717) is 12.0 Å². The van der Waals surface area contributed by atoms with Gasteiger partial charge in [-0.2, -0.15) is 0 Å². The fourth-order valence-electron chi connectivity index (χ4n) is 1.91. The number of hydrogen-bond acceptors (Lipinski definition) is 4. The SMILES string of the molecule is CCC1NCC(=O)N(Cc2cncc(F)c2)C1=O. The maximum atomic E-state index is 13.0. The van der Waals surface area contributed by atoms with Crippen LogP contribution < -0.4 is 5.32 Å². The number of pyridine rings is 1. The number of halogens is 1. The van der Waals surface area contributed by atoms with E-state index in [0.717, 1.165) is 11.1 Å². The zero-order valence-corrected chi connectivity index (χ0v) is 10.0. The molecule has 1 fully saturated rings. The van der Waals surface area contributed by atoms with Crippen molar-refractivity contribution in [2.45, 2.75) is 25.9 Å². The molecule has 1 aliphatic rings. The standard InChI is InChI=1S/C12H14FN3O2/c1-2-10-12(18)16(11(17)6-15-10)7-8-3-9(13)5-14-4-8/h3-5,10,15H,2,6-7H2,1H3. The molecule has 5 nitrogen and oxygen atoms in total. The van der Waals surface area contributed by atoms with Crippen LogP contribution in [0.25, 0.3) is 0 Å². The summed E-state index contributed by atoms with van der Waals surface area (Å²) in [4.78, 5) is 28.5. The highest BCUT2D eigenvalue weighted by atomic mass is 19.1. The zero-order chi connectivity index (χ0) is 13.1. The largest absolute Gasteiger partial charge is 0.297 e. The molecule has 18 heavy (non-hydrogen) atoms. The number of carbonyl (C=O) groups is 2. The quantitative estimate of drug-likeness (QED) is 0.793. The molecule has 1 unspecified atom stereocenters. The van der Waals surface area contributed by atoms with Crippen LogP contribution in [0.15, 0.2) is 18.5 Å². The van der Waals surface area contributed by atoms with E-state index >= 15 is 0 Å². The third-order valence-corrected chi connectivity index (χ3v) is 2.88. The molecule has 0 saturated carbocycles. The van der Waals surface area contributed by atoms with E-state index in [1.165, 1.54) is 12.3 Å². The molecule has 2 heterocycles. The van der Waals surface area contributed by atoms with Gasteiger partial charge in [0.1, 0.15) is 5.82 Å². The summed E-state index contributed by atoms with van der Waals surface area (Å²) >= 11 is 0. The van der Waals surface area contributed by atoms with Crippen LogP contribution in [0.3, 0.4) is 0 Å². The van der Waals surface area contributed by atoms with E-state index < -0.39 is 5.82 Å². The molecule has 96 valence electrons.